The molecule has 1 N–H and O–H groups in total. The van der Waals surface area contributed by atoms with E-state index in [-0.39, 0.29) is 10.6 Å². The molecule has 0 spiro atoms. The Bertz CT molecular complexity index is 423. The predicted octanol–water partition coefficient (Wildman–Crippen LogP) is 3.53. The molecular formula is C13H19BrN2O2. The third kappa shape index (κ3) is 3.78. The van der Waals surface area contributed by atoms with Crippen molar-refractivity contribution in [2.45, 2.75) is 33.2 Å². The van der Waals surface area contributed by atoms with Gasteiger partial charge in [-0.25, -0.2) is 0 Å². The van der Waals surface area contributed by atoms with E-state index in [1.807, 2.05) is 6.07 Å². The van der Waals surface area contributed by atoms with Gasteiger partial charge in [-0.3, -0.25) is 10.1 Å². The number of hydrogen-bond acceptors (Lipinski definition) is 3. The van der Waals surface area contributed by atoms with Crippen LogP contribution in [0.2, 0.25) is 0 Å². The Kier molecular flexibility index (Phi) is 5.75. The van der Waals surface area contributed by atoms with Crippen LogP contribution in [0.15, 0.2) is 22.7 Å². The van der Waals surface area contributed by atoms with E-state index < -0.39 is 0 Å². The van der Waals surface area contributed by atoms with Crippen molar-refractivity contribution < 1.29 is 4.92 Å². The summed E-state index contributed by atoms with van der Waals surface area (Å²) in [4.78, 5) is 10.5. The molecule has 0 aliphatic heterocycles. The second kappa shape index (κ2) is 6.85. The molecule has 0 aromatic heterocycles. The van der Waals surface area contributed by atoms with Gasteiger partial charge in [-0.05, 0) is 47.3 Å². The van der Waals surface area contributed by atoms with Crippen LogP contribution in [0.1, 0.15) is 26.3 Å². The molecule has 0 fully saturated rings. The highest BCUT2D eigenvalue weighted by Gasteiger charge is 2.18. The lowest BCUT2D eigenvalue weighted by atomic mass is 9.94. The Balaban J connectivity index is 2.85. The third-order valence-electron chi connectivity index (χ3n) is 3.18. The molecule has 18 heavy (non-hydrogen) atoms. The second-order valence-electron chi connectivity index (χ2n) is 4.54. The summed E-state index contributed by atoms with van der Waals surface area (Å²) in [5.41, 5.74) is 1.12. The lowest BCUT2D eigenvalue weighted by Gasteiger charge is -2.21. The van der Waals surface area contributed by atoms with Crippen LogP contribution in [-0.2, 0) is 6.42 Å². The predicted molar refractivity (Wildman–Crippen MR) is 76.8 cm³/mol. The molecule has 2 atom stereocenters. The number of halogens is 1. The first-order valence-electron chi connectivity index (χ1n) is 6.12. The molecule has 0 heterocycles. The lowest BCUT2D eigenvalue weighted by Crippen LogP contribution is -2.32. The molecule has 0 amide bonds. The number of nitro benzene ring substituents is 1. The molecule has 0 saturated heterocycles. The fraction of sp³-hybridized carbons (Fsp3) is 0.538. The molecule has 4 nitrogen and oxygen atoms in total. The van der Waals surface area contributed by atoms with Crippen LogP contribution >= 0.6 is 15.9 Å². The van der Waals surface area contributed by atoms with Crippen molar-refractivity contribution in [2.75, 3.05) is 6.54 Å². The van der Waals surface area contributed by atoms with Crippen LogP contribution in [0, 0.1) is 16.0 Å². The van der Waals surface area contributed by atoms with Crippen LogP contribution in [0.25, 0.3) is 0 Å². The molecule has 5 heteroatoms. The Morgan fingerprint density at radius 3 is 2.67 bits per heavy atom. The number of rotatable bonds is 6. The van der Waals surface area contributed by atoms with Crippen LogP contribution in [0.3, 0.4) is 0 Å². The first kappa shape index (κ1) is 15.1. The van der Waals surface area contributed by atoms with Crippen LogP contribution in [-0.4, -0.2) is 17.5 Å². The Labute approximate surface area is 116 Å². The van der Waals surface area contributed by atoms with E-state index >= 15 is 0 Å². The minimum Gasteiger partial charge on any atom is -0.314 e. The summed E-state index contributed by atoms with van der Waals surface area (Å²) in [6, 6.07) is 5.59. The molecule has 0 aliphatic rings. The number of hydrogen-bond donors (Lipinski definition) is 1. The molecule has 1 aromatic carbocycles. The van der Waals surface area contributed by atoms with E-state index in [0.29, 0.717) is 16.4 Å². The minimum atomic E-state index is -0.355. The van der Waals surface area contributed by atoms with Crippen LogP contribution in [0.4, 0.5) is 5.69 Å². The van der Waals surface area contributed by atoms with Gasteiger partial charge in [0, 0.05) is 12.1 Å². The van der Waals surface area contributed by atoms with E-state index in [2.05, 4.69) is 42.0 Å². The van der Waals surface area contributed by atoms with Gasteiger partial charge in [0.1, 0.15) is 0 Å². The summed E-state index contributed by atoms with van der Waals surface area (Å²) in [6.07, 6.45) is 0.816. The van der Waals surface area contributed by atoms with Crippen molar-refractivity contribution in [1.82, 2.24) is 5.32 Å². The van der Waals surface area contributed by atoms with E-state index in [9.17, 15) is 10.1 Å². The average Bonchev–Trinajstić information content (AvgIpc) is 2.31. The number of nitrogens with one attached hydrogen (secondary N) is 1. The summed E-state index contributed by atoms with van der Waals surface area (Å²) in [6.45, 7) is 7.30. The summed E-state index contributed by atoms with van der Waals surface area (Å²) in [7, 11) is 0. The van der Waals surface area contributed by atoms with Crippen molar-refractivity contribution >= 4 is 21.6 Å². The van der Waals surface area contributed by atoms with Crippen molar-refractivity contribution in [3.63, 3.8) is 0 Å². The normalized spacial score (nSPS) is 14.2. The van der Waals surface area contributed by atoms with Crippen molar-refractivity contribution in [3.05, 3.63) is 38.3 Å². The first-order valence-corrected chi connectivity index (χ1v) is 6.91. The molecule has 0 saturated carbocycles. The highest BCUT2D eigenvalue weighted by atomic mass is 79.9. The van der Waals surface area contributed by atoms with Crippen molar-refractivity contribution in [3.8, 4) is 0 Å². The van der Waals surface area contributed by atoms with Gasteiger partial charge in [-0.2, -0.15) is 0 Å². The molecule has 1 aromatic rings. The van der Waals surface area contributed by atoms with E-state index in [4.69, 9.17) is 0 Å². The number of nitrogens with zero attached hydrogens (tertiary/aromatic N) is 1. The molecule has 0 aliphatic carbocycles. The quantitative estimate of drug-likeness (QED) is 0.645. The first-order chi connectivity index (χ1) is 8.47. The molecule has 0 bridgehead atoms. The van der Waals surface area contributed by atoms with Gasteiger partial charge >= 0.3 is 0 Å². The highest BCUT2D eigenvalue weighted by molar-refractivity contribution is 9.10. The van der Waals surface area contributed by atoms with E-state index in [0.717, 1.165) is 18.5 Å². The Hall–Kier alpha value is -0.940. The van der Waals surface area contributed by atoms with Crippen LogP contribution in [0.5, 0.6) is 0 Å². The monoisotopic (exact) mass is 314 g/mol. The molecule has 2 unspecified atom stereocenters. The average molecular weight is 315 g/mol. The van der Waals surface area contributed by atoms with Gasteiger partial charge in [0.15, 0.2) is 0 Å². The smallest absolute Gasteiger partial charge is 0.283 e. The van der Waals surface area contributed by atoms with Crippen molar-refractivity contribution in [2.24, 2.45) is 5.92 Å². The summed E-state index contributed by atoms with van der Waals surface area (Å²) >= 11 is 3.34. The zero-order chi connectivity index (χ0) is 13.7. The van der Waals surface area contributed by atoms with E-state index in [1.54, 1.807) is 6.07 Å². The maximum atomic E-state index is 10.9. The maximum absolute atomic E-state index is 10.9. The SMILES string of the molecule is CCNC(C)C(C)Cc1cccc([N+](=O)[O-])c1Br. The molecule has 1 rings (SSSR count). The summed E-state index contributed by atoms with van der Waals surface area (Å²) in [5.74, 6) is 0.420. The largest absolute Gasteiger partial charge is 0.314 e. The van der Waals surface area contributed by atoms with Gasteiger partial charge in [-0.1, -0.05) is 26.0 Å². The zero-order valence-corrected chi connectivity index (χ0v) is 12.5. The summed E-state index contributed by atoms with van der Waals surface area (Å²) < 4.78 is 0.602. The van der Waals surface area contributed by atoms with Gasteiger partial charge in [0.05, 0.1) is 9.40 Å². The molecule has 0 radical (unpaired) electrons. The van der Waals surface area contributed by atoms with Gasteiger partial charge in [-0.15, -0.1) is 0 Å². The topological polar surface area (TPSA) is 55.2 Å². The second-order valence-corrected chi connectivity index (χ2v) is 5.33. The maximum Gasteiger partial charge on any atom is 0.283 e. The molecule has 100 valence electrons. The van der Waals surface area contributed by atoms with E-state index in [1.165, 1.54) is 6.07 Å². The molecular weight excluding hydrogens is 296 g/mol. The zero-order valence-electron chi connectivity index (χ0n) is 10.9. The standard InChI is InChI=1S/C13H19BrN2O2/c1-4-15-10(3)9(2)8-11-6-5-7-12(13(11)14)16(17)18/h5-7,9-10,15H,4,8H2,1-3H3. The van der Waals surface area contributed by atoms with Crippen LogP contribution < -0.4 is 5.32 Å². The fourth-order valence-electron chi connectivity index (χ4n) is 1.91. The fourth-order valence-corrected chi connectivity index (χ4v) is 2.48. The van der Waals surface area contributed by atoms with Gasteiger partial charge in [0.25, 0.3) is 5.69 Å². The van der Waals surface area contributed by atoms with Gasteiger partial charge < -0.3 is 5.32 Å². The minimum absolute atomic E-state index is 0.135. The Morgan fingerprint density at radius 1 is 1.44 bits per heavy atom. The number of benzene rings is 1. The Morgan fingerprint density at radius 2 is 2.11 bits per heavy atom. The lowest BCUT2D eigenvalue weighted by molar-refractivity contribution is -0.385. The number of nitro groups is 1. The van der Waals surface area contributed by atoms with Gasteiger partial charge in [0.2, 0.25) is 0 Å². The summed E-state index contributed by atoms with van der Waals surface area (Å²) in [5, 5.41) is 14.2. The van der Waals surface area contributed by atoms with Crippen molar-refractivity contribution in [1.29, 1.82) is 0 Å². The highest BCUT2D eigenvalue weighted by Crippen LogP contribution is 2.30. The third-order valence-corrected chi connectivity index (χ3v) is 4.09.